The largest absolute Gasteiger partial charge is 0.386 e. The number of aliphatic hydroxyl groups is 1. The summed E-state index contributed by atoms with van der Waals surface area (Å²) in [5.74, 6) is 0.300. The lowest BCUT2D eigenvalue weighted by molar-refractivity contribution is 0.0394. The number of hydrogen-bond acceptors (Lipinski definition) is 1. The van der Waals surface area contributed by atoms with Gasteiger partial charge in [0.05, 0.1) is 5.60 Å². The summed E-state index contributed by atoms with van der Waals surface area (Å²) in [6, 6.07) is 0. The first-order valence-corrected chi connectivity index (χ1v) is 3.93. The summed E-state index contributed by atoms with van der Waals surface area (Å²) >= 11 is 0. The Kier molecular flexibility index (Phi) is 3.66. The van der Waals surface area contributed by atoms with Crippen LogP contribution < -0.4 is 0 Å². The molecule has 0 saturated heterocycles. The van der Waals surface area contributed by atoms with E-state index in [1.807, 2.05) is 39.8 Å². The van der Waals surface area contributed by atoms with Gasteiger partial charge in [0.25, 0.3) is 0 Å². The summed E-state index contributed by atoms with van der Waals surface area (Å²) in [4.78, 5) is 0. The zero-order valence-corrected chi connectivity index (χ0v) is 7.39. The Morgan fingerprint density at radius 3 is 2.10 bits per heavy atom. The van der Waals surface area contributed by atoms with Crippen LogP contribution in [0.1, 0.15) is 34.1 Å². The van der Waals surface area contributed by atoms with Crippen LogP contribution in [0.3, 0.4) is 0 Å². The summed E-state index contributed by atoms with van der Waals surface area (Å²) < 4.78 is 0. The highest BCUT2D eigenvalue weighted by Gasteiger charge is 2.24. The molecule has 1 N–H and O–H groups in total. The molecule has 60 valence electrons. The SMILES string of the molecule is C/C=C/C(O)(CC)C(C)C. The van der Waals surface area contributed by atoms with Crippen LogP contribution >= 0.6 is 0 Å². The second-order valence-electron chi connectivity index (χ2n) is 3.00. The van der Waals surface area contributed by atoms with Crippen molar-refractivity contribution in [2.75, 3.05) is 0 Å². The number of rotatable bonds is 3. The van der Waals surface area contributed by atoms with Crippen LogP contribution in [0.2, 0.25) is 0 Å². The Morgan fingerprint density at radius 1 is 1.50 bits per heavy atom. The van der Waals surface area contributed by atoms with E-state index in [0.29, 0.717) is 5.92 Å². The molecular formula is C9H18O. The molecule has 10 heavy (non-hydrogen) atoms. The van der Waals surface area contributed by atoms with Gasteiger partial charge in [-0.3, -0.25) is 0 Å². The maximum Gasteiger partial charge on any atom is 0.0847 e. The third kappa shape index (κ3) is 2.14. The summed E-state index contributed by atoms with van der Waals surface area (Å²) in [5, 5.41) is 9.81. The smallest absolute Gasteiger partial charge is 0.0847 e. The molecule has 0 amide bonds. The fourth-order valence-electron chi connectivity index (χ4n) is 1.01. The topological polar surface area (TPSA) is 20.2 Å². The monoisotopic (exact) mass is 142 g/mol. The zero-order chi connectivity index (χ0) is 8.20. The molecule has 0 aliphatic rings. The molecule has 0 aromatic carbocycles. The van der Waals surface area contributed by atoms with Crippen LogP contribution in [0, 0.1) is 5.92 Å². The van der Waals surface area contributed by atoms with Crippen molar-refractivity contribution in [3.63, 3.8) is 0 Å². The van der Waals surface area contributed by atoms with Crippen LogP contribution in [-0.2, 0) is 0 Å². The Bertz CT molecular complexity index is 116. The van der Waals surface area contributed by atoms with Gasteiger partial charge in [0, 0.05) is 0 Å². The van der Waals surface area contributed by atoms with Gasteiger partial charge >= 0.3 is 0 Å². The first kappa shape index (κ1) is 9.70. The molecule has 0 saturated carbocycles. The average molecular weight is 142 g/mol. The molecular weight excluding hydrogens is 124 g/mol. The van der Waals surface area contributed by atoms with Gasteiger partial charge < -0.3 is 5.11 Å². The highest BCUT2D eigenvalue weighted by Crippen LogP contribution is 2.21. The summed E-state index contributed by atoms with van der Waals surface area (Å²) in [6.07, 6.45) is 4.57. The highest BCUT2D eigenvalue weighted by molar-refractivity contribution is 5.00. The van der Waals surface area contributed by atoms with Crippen molar-refractivity contribution in [1.82, 2.24) is 0 Å². The van der Waals surface area contributed by atoms with Crippen LogP contribution in [0.4, 0.5) is 0 Å². The molecule has 0 radical (unpaired) electrons. The zero-order valence-electron chi connectivity index (χ0n) is 7.39. The van der Waals surface area contributed by atoms with Crippen molar-refractivity contribution < 1.29 is 5.11 Å². The van der Waals surface area contributed by atoms with E-state index in [1.165, 1.54) is 0 Å². The van der Waals surface area contributed by atoms with Gasteiger partial charge in [0.1, 0.15) is 0 Å². The third-order valence-electron chi connectivity index (χ3n) is 2.02. The minimum absolute atomic E-state index is 0.300. The molecule has 0 aliphatic heterocycles. The predicted molar refractivity (Wildman–Crippen MR) is 44.9 cm³/mol. The predicted octanol–water partition coefficient (Wildman–Crippen LogP) is 2.36. The fraction of sp³-hybridized carbons (Fsp3) is 0.778. The van der Waals surface area contributed by atoms with E-state index >= 15 is 0 Å². The average Bonchev–Trinajstić information content (AvgIpc) is 1.88. The van der Waals surface area contributed by atoms with E-state index in [9.17, 15) is 5.11 Å². The molecule has 0 fully saturated rings. The molecule has 0 heterocycles. The second-order valence-corrected chi connectivity index (χ2v) is 3.00. The molecule has 0 aromatic rings. The van der Waals surface area contributed by atoms with Crippen LogP contribution in [0.15, 0.2) is 12.2 Å². The van der Waals surface area contributed by atoms with Crippen molar-refractivity contribution in [1.29, 1.82) is 0 Å². The normalized spacial score (nSPS) is 18.2. The minimum Gasteiger partial charge on any atom is -0.386 e. The maximum atomic E-state index is 9.81. The summed E-state index contributed by atoms with van der Waals surface area (Å²) in [7, 11) is 0. The van der Waals surface area contributed by atoms with E-state index in [1.54, 1.807) is 0 Å². The molecule has 1 heteroatoms. The Labute approximate surface area is 63.8 Å². The van der Waals surface area contributed by atoms with E-state index in [0.717, 1.165) is 6.42 Å². The first-order chi connectivity index (χ1) is 4.56. The van der Waals surface area contributed by atoms with Gasteiger partial charge in [-0.25, -0.2) is 0 Å². The third-order valence-corrected chi connectivity index (χ3v) is 2.02. The molecule has 0 spiro atoms. The van der Waals surface area contributed by atoms with Gasteiger partial charge in [0.15, 0.2) is 0 Å². The van der Waals surface area contributed by atoms with E-state index in [2.05, 4.69) is 0 Å². The van der Waals surface area contributed by atoms with E-state index in [-0.39, 0.29) is 0 Å². The van der Waals surface area contributed by atoms with Crippen molar-refractivity contribution >= 4 is 0 Å². The van der Waals surface area contributed by atoms with Gasteiger partial charge in [-0.2, -0.15) is 0 Å². The van der Waals surface area contributed by atoms with Crippen molar-refractivity contribution in [2.45, 2.75) is 39.7 Å². The van der Waals surface area contributed by atoms with E-state index in [4.69, 9.17) is 0 Å². The first-order valence-electron chi connectivity index (χ1n) is 3.93. The number of allylic oxidation sites excluding steroid dienone is 1. The second kappa shape index (κ2) is 3.77. The lowest BCUT2D eigenvalue weighted by atomic mass is 9.87. The van der Waals surface area contributed by atoms with Crippen LogP contribution in [-0.4, -0.2) is 10.7 Å². The Hall–Kier alpha value is -0.300. The lowest BCUT2D eigenvalue weighted by Crippen LogP contribution is -2.31. The standard InChI is InChI=1S/C9H18O/c1-5-7-9(10,6-2)8(3)4/h5,7-8,10H,6H2,1-4H3/b7-5+. The van der Waals surface area contributed by atoms with Gasteiger partial charge in [0.2, 0.25) is 0 Å². The molecule has 0 rings (SSSR count). The van der Waals surface area contributed by atoms with Gasteiger partial charge in [-0.15, -0.1) is 0 Å². The van der Waals surface area contributed by atoms with Crippen molar-refractivity contribution in [3.8, 4) is 0 Å². The van der Waals surface area contributed by atoms with E-state index < -0.39 is 5.60 Å². The van der Waals surface area contributed by atoms with Crippen LogP contribution in [0.5, 0.6) is 0 Å². The highest BCUT2D eigenvalue weighted by atomic mass is 16.3. The Balaban J connectivity index is 4.22. The molecule has 0 bridgehead atoms. The summed E-state index contributed by atoms with van der Waals surface area (Å²) in [6.45, 7) is 8.00. The van der Waals surface area contributed by atoms with Gasteiger partial charge in [-0.05, 0) is 19.3 Å². The summed E-state index contributed by atoms with van der Waals surface area (Å²) in [5.41, 5.74) is -0.589. The molecule has 0 aromatic heterocycles. The fourth-order valence-corrected chi connectivity index (χ4v) is 1.01. The number of hydrogen-bond donors (Lipinski definition) is 1. The lowest BCUT2D eigenvalue weighted by Gasteiger charge is -2.27. The van der Waals surface area contributed by atoms with Gasteiger partial charge in [-0.1, -0.05) is 32.9 Å². The van der Waals surface area contributed by atoms with Crippen molar-refractivity contribution in [3.05, 3.63) is 12.2 Å². The van der Waals surface area contributed by atoms with Crippen LogP contribution in [0.25, 0.3) is 0 Å². The maximum absolute atomic E-state index is 9.81. The molecule has 1 atom stereocenters. The quantitative estimate of drug-likeness (QED) is 0.600. The van der Waals surface area contributed by atoms with Crippen molar-refractivity contribution in [2.24, 2.45) is 5.92 Å². The Morgan fingerprint density at radius 2 is 2.00 bits per heavy atom. The molecule has 1 nitrogen and oxygen atoms in total. The molecule has 1 unspecified atom stereocenters. The minimum atomic E-state index is -0.589. The molecule has 0 aliphatic carbocycles.